The zero-order valence-corrected chi connectivity index (χ0v) is 7.27. The van der Waals surface area contributed by atoms with Gasteiger partial charge < -0.3 is 10.2 Å². The van der Waals surface area contributed by atoms with Crippen LogP contribution in [-0.4, -0.2) is 25.9 Å². The summed E-state index contributed by atoms with van der Waals surface area (Å²) in [5.41, 5.74) is 0.712. The highest BCUT2D eigenvalue weighted by Crippen LogP contribution is 1.78. The molecule has 0 bridgehead atoms. The van der Waals surface area contributed by atoms with Gasteiger partial charge in [0.05, 0.1) is 0 Å². The van der Waals surface area contributed by atoms with E-state index in [1.807, 2.05) is 14.0 Å². The Morgan fingerprint density at radius 3 is 2.91 bits per heavy atom. The van der Waals surface area contributed by atoms with Gasteiger partial charge in [0.2, 0.25) is 0 Å². The number of nitrogens with one attached hydrogen (secondary N) is 1. The first kappa shape index (κ1) is 9.99. The number of likely N-dealkylation sites (N-methyl/N-ethyl adjacent to an activating group) is 1. The Bertz CT molecular complexity index is 176. The second kappa shape index (κ2) is 7.10. The van der Waals surface area contributed by atoms with Crippen LogP contribution in [0.4, 0.5) is 0 Å². The summed E-state index contributed by atoms with van der Waals surface area (Å²) >= 11 is 0. The maximum absolute atomic E-state index is 4.91. The van der Waals surface area contributed by atoms with Crippen molar-refractivity contribution in [2.75, 3.05) is 20.2 Å². The molecule has 0 spiro atoms. The summed E-state index contributed by atoms with van der Waals surface area (Å²) < 4.78 is 0. The normalized spacial score (nSPS) is 10.3. The Hall–Kier alpha value is -1.01. The molecule has 1 N–H and O–H groups in total. The van der Waals surface area contributed by atoms with Crippen LogP contribution in [0.25, 0.3) is 0 Å². The van der Waals surface area contributed by atoms with Crippen molar-refractivity contribution in [2.24, 2.45) is 5.16 Å². The molecule has 0 aliphatic rings. The van der Waals surface area contributed by atoms with Crippen molar-refractivity contribution >= 4 is 5.71 Å². The minimum absolute atomic E-state index is 0.583. The monoisotopic (exact) mass is 154 g/mol. The Morgan fingerprint density at radius 2 is 2.36 bits per heavy atom. The van der Waals surface area contributed by atoms with E-state index < -0.39 is 0 Å². The van der Waals surface area contributed by atoms with Crippen LogP contribution in [0.15, 0.2) is 5.16 Å². The number of oxime groups is 1. The van der Waals surface area contributed by atoms with E-state index in [1.165, 1.54) is 0 Å². The highest BCUT2D eigenvalue weighted by Gasteiger charge is 1.83. The highest BCUT2D eigenvalue weighted by molar-refractivity contribution is 5.97. The van der Waals surface area contributed by atoms with Gasteiger partial charge in [0.15, 0.2) is 0 Å². The summed E-state index contributed by atoms with van der Waals surface area (Å²) in [4.78, 5) is 4.91. The molecular formula is C8H14N2O. The molecule has 0 rings (SSSR count). The van der Waals surface area contributed by atoms with Gasteiger partial charge >= 0.3 is 0 Å². The van der Waals surface area contributed by atoms with Crippen molar-refractivity contribution in [3.05, 3.63) is 0 Å². The fraction of sp³-hybridized carbons (Fsp3) is 0.625. The number of rotatable bonds is 4. The number of nitrogens with zero attached hydrogens (tertiary/aromatic N) is 1. The maximum Gasteiger partial charge on any atom is 0.129 e. The van der Waals surface area contributed by atoms with Crippen LogP contribution in [0.3, 0.4) is 0 Å². The van der Waals surface area contributed by atoms with E-state index in [0.29, 0.717) is 12.3 Å². The van der Waals surface area contributed by atoms with Gasteiger partial charge in [-0.3, -0.25) is 0 Å². The molecule has 0 fully saturated rings. The summed E-state index contributed by atoms with van der Waals surface area (Å²) in [6.07, 6.45) is 0. The molecule has 0 unspecified atom stereocenters. The zero-order chi connectivity index (χ0) is 8.53. The second-order valence-corrected chi connectivity index (χ2v) is 1.99. The predicted molar refractivity (Wildman–Crippen MR) is 46.4 cm³/mol. The first-order chi connectivity index (χ1) is 5.31. The van der Waals surface area contributed by atoms with E-state index >= 15 is 0 Å². The molecule has 3 heteroatoms. The quantitative estimate of drug-likeness (QED) is 0.279. The van der Waals surface area contributed by atoms with Gasteiger partial charge in [-0.05, 0) is 26.8 Å². The molecule has 0 atom stereocenters. The van der Waals surface area contributed by atoms with Crippen molar-refractivity contribution in [1.29, 1.82) is 0 Å². The van der Waals surface area contributed by atoms with Gasteiger partial charge in [-0.2, -0.15) is 0 Å². The minimum Gasteiger partial charge on any atom is -0.394 e. The van der Waals surface area contributed by atoms with Crippen molar-refractivity contribution in [3.8, 4) is 11.8 Å². The van der Waals surface area contributed by atoms with Crippen LogP contribution in [0.1, 0.15) is 13.8 Å². The van der Waals surface area contributed by atoms with Gasteiger partial charge in [0.1, 0.15) is 12.3 Å². The summed E-state index contributed by atoms with van der Waals surface area (Å²) in [7, 11) is 1.87. The predicted octanol–water partition coefficient (Wildman–Crippen LogP) is 0.622. The SMILES string of the molecule is CC#C/C(C)=N\OCCNC. The fourth-order valence-electron chi connectivity index (χ4n) is 0.494. The average Bonchev–Trinajstić information content (AvgIpc) is 1.99. The van der Waals surface area contributed by atoms with Crippen LogP contribution in [0, 0.1) is 11.8 Å². The molecule has 0 heterocycles. The van der Waals surface area contributed by atoms with Crippen LogP contribution in [-0.2, 0) is 4.84 Å². The topological polar surface area (TPSA) is 33.6 Å². The van der Waals surface area contributed by atoms with Crippen molar-refractivity contribution in [2.45, 2.75) is 13.8 Å². The Labute approximate surface area is 67.8 Å². The lowest BCUT2D eigenvalue weighted by atomic mass is 10.4. The average molecular weight is 154 g/mol. The van der Waals surface area contributed by atoms with Crippen LogP contribution in [0.5, 0.6) is 0 Å². The molecule has 62 valence electrons. The Balaban J connectivity index is 3.45. The van der Waals surface area contributed by atoms with Gasteiger partial charge in [-0.15, -0.1) is 0 Å². The molecule has 0 saturated carbocycles. The van der Waals surface area contributed by atoms with E-state index in [9.17, 15) is 0 Å². The molecule has 0 aliphatic heterocycles. The first-order valence-corrected chi connectivity index (χ1v) is 3.55. The number of hydrogen-bond donors (Lipinski definition) is 1. The van der Waals surface area contributed by atoms with Crippen LogP contribution in [0.2, 0.25) is 0 Å². The lowest BCUT2D eigenvalue weighted by Crippen LogP contribution is -2.12. The van der Waals surface area contributed by atoms with E-state index in [2.05, 4.69) is 22.3 Å². The Kier molecular flexibility index (Phi) is 6.45. The molecule has 0 aromatic carbocycles. The fourth-order valence-corrected chi connectivity index (χ4v) is 0.494. The van der Waals surface area contributed by atoms with Gasteiger partial charge in [-0.25, -0.2) is 0 Å². The second-order valence-electron chi connectivity index (χ2n) is 1.99. The van der Waals surface area contributed by atoms with E-state index in [-0.39, 0.29) is 0 Å². The molecular weight excluding hydrogens is 140 g/mol. The lowest BCUT2D eigenvalue weighted by Gasteiger charge is -1.96. The standard InChI is InChI=1S/C8H14N2O/c1-4-5-8(2)10-11-7-6-9-3/h9H,6-7H2,1-3H3/b10-8-. The smallest absolute Gasteiger partial charge is 0.129 e. The third-order valence-electron chi connectivity index (χ3n) is 0.951. The maximum atomic E-state index is 4.91. The minimum atomic E-state index is 0.583. The molecule has 11 heavy (non-hydrogen) atoms. The van der Waals surface area contributed by atoms with Gasteiger partial charge in [0, 0.05) is 6.54 Å². The largest absolute Gasteiger partial charge is 0.394 e. The molecule has 0 amide bonds. The van der Waals surface area contributed by atoms with Crippen LogP contribution < -0.4 is 5.32 Å². The molecule has 0 aliphatic carbocycles. The molecule has 0 saturated heterocycles. The van der Waals surface area contributed by atoms with Gasteiger partial charge in [0.25, 0.3) is 0 Å². The highest BCUT2D eigenvalue weighted by atomic mass is 16.6. The summed E-state index contributed by atoms with van der Waals surface area (Å²) in [6, 6.07) is 0. The number of hydrogen-bond acceptors (Lipinski definition) is 3. The lowest BCUT2D eigenvalue weighted by molar-refractivity contribution is 0.148. The van der Waals surface area contributed by atoms with Crippen molar-refractivity contribution in [3.63, 3.8) is 0 Å². The van der Waals surface area contributed by atoms with E-state index in [0.717, 1.165) is 6.54 Å². The Morgan fingerprint density at radius 1 is 1.64 bits per heavy atom. The third-order valence-corrected chi connectivity index (χ3v) is 0.951. The summed E-state index contributed by atoms with van der Waals surface area (Å²) in [5, 5.41) is 6.70. The molecule has 0 aromatic heterocycles. The third kappa shape index (κ3) is 6.88. The van der Waals surface area contributed by atoms with Crippen molar-refractivity contribution in [1.82, 2.24) is 5.32 Å². The summed E-state index contributed by atoms with van der Waals surface area (Å²) in [5.74, 6) is 5.51. The molecule has 0 radical (unpaired) electrons. The van der Waals surface area contributed by atoms with E-state index in [1.54, 1.807) is 6.92 Å². The summed E-state index contributed by atoms with van der Waals surface area (Å²) in [6.45, 7) is 4.97. The zero-order valence-electron chi connectivity index (χ0n) is 7.27. The van der Waals surface area contributed by atoms with E-state index in [4.69, 9.17) is 4.84 Å². The van der Waals surface area contributed by atoms with Gasteiger partial charge in [-0.1, -0.05) is 11.1 Å². The molecule has 3 nitrogen and oxygen atoms in total. The molecule has 0 aromatic rings. The van der Waals surface area contributed by atoms with Crippen molar-refractivity contribution < 1.29 is 4.84 Å². The first-order valence-electron chi connectivity index (χ1n) is 3.55. The van der Waals surface area contributed by atoms with Crippen LogP contribution >= 0.6 is 0 Å².